The molecule has 232 valence electrons. The Kier molecular flexibility index (Phi) is 7.22. The van der Waals surface area contributed by atoms with E-state index in [0.717, 1.165) is 61.7 Å². The van der Waals surface area contributed by atoms with Crippen LogP contribution in [-0.2, 0) is 0 Å². The number of pyridine rings is 2. The molecule has 7 heteroatoms. The van der Waals surface area contributed by atoms with Crippen LogP contribution < -0.4 is 9.47 Å². The number of rotatable bonds is 5. The van der Waals surface area contributed by atoms with Gasteiger partial charge in [0.05, 0.1) is 0 Å². The van der Waals surface area contributed by atoms with Crippen LogP contribution in [0.2, 0.25) is 0 Å². The summed E-state index contributed by atoms with van der Waals surface area (Å²) < 4.78 is 13.1. The average molecular weight is 626 g/mol. The van der Waals surface area contributed by atoms with Crippen LogP contribution in [0.3, 0.4) is 0 Å². The van der Waals surface area contributed by atoms with E-state index in [1.807, 2.05) is 131 Å². The van der Waals surface area contributed by atoms with Crippen molar-refractivity contribution < 1.29 is 9.47 Å². The van der Waals surface area contributed by atoms with Gasteiger partial charge in [0, 0.05) is 50.6 Å². The lowest BCUT2D eigenvalue weighted by Crippen LogP contribution is -2.03. The van der Waals surface area contributed by atoms with Crippen molar-refractivity contribution >= 4 is 0 Å². The van der Waals surface area contributed by atoms with E-state index < -0.39 is 0 Å². The first kappa shape index (κ1) is 29.2. The standard InChI is InChI=1S/C41H31N5O2/c1-24-15-18-31(26(3)42-24)33-22-37-38(23-34(33)32-19-16-25(2)43-27(32)4)48-36-21-30(17-20-35(36)47-37)41-45-39(28-11-7-5-8-12-28)44-40(46-41)29-13-9-6-10-14-29/h5-23H,1-4H3. The van der Waals surface area contributed by atoms with Crippen molar-refractivity contribution in [3.8, 4) is 79.4 Å². The molecule has 0 N–H and O–H groups in total. The molecule has 0 amide bonds. The molecule has 1 aliphatic heterocycles. The Hall–Kier alpha value is -6.21. The average Bonchev–Trinajstić information content (AvgIpc) is 3.11. The van der Waals surface area contributed by atoms with Crippen LogP contribution in [0.4, 0.5) is 0 Å². The lowest BCUT2D eigenvalue weighted by atomic mass is 9.92. The summed E-state index contributed by atoms with van der Waals surface area (Å²) in [5.74, 6) is 4.16. The fourth-order valence-corrected chi connectivity index (χ4v) is 6.09. The summed E-state index contributed by atoms with van der Waals surface area (Å²) in [7, 11) is 0. The maximum absolute atomic E-state index is 6.60. The van der Waals surface area contributed by atoms with Crippen molar-refractivity contribution in [1.82, 2.24) is 24.9 Å². The fourth-order valence-electron chi connectivity index (χ4n) is 6.09. The number of nitrogens with zero attached hydrogens (tertiary/aromatic N) is 5. The van der Waals surface area contributed by atoms with E-state index in [2.05, 4.69) is 12.1 Å². The summed E-state index contributed by atoms with van der Waals surface area (Å²) in [5.41, 5.74) is 10.5. The molecule has 4 heterocycles. The monoisotopic (exact) mass is 625 g/mol. The first-order valence-corrected chi connectivity index (χ1v) is 15.8. The molecule has 3 aromatic heterocycles. The predicted octanol–water partition coefficient (Wildman–Crippen LogP) is 10.1. The van der Waals surface area contributed by atoms with Crippen molar-refractivity contribution in [2.24, 2.45) is 0 Å². The zero-order chi connectivity index (χ0) is 32.8. The molecule has 0 spiro atoms. The minimum Gasteiger partial charge on any atom is -0.449 e. The molecular formula is C41H31N5O2. The number of hydrogen-bond donors (Lipinski definition) is 0. The summed E-state index contributed by atoms with van der Waals surface area (Å²) in [5, 5.41) is 0. The summed E-state index contributed by atoms with van der Waals surface area (Å²) in [4.78, 5) is 24.1. The van der Waals surface area contributed by atoms with Crippen LogP contribution in [0.1, 0.15) is 22.8 Å². The maximum Gasteiger partial charge on any atom is 0.170 e. The van der Waals surface area contributed by atoms with Crippen LogP contribution in [0.15, 0.2) is 115 Å². The second kappa shape index (κ2) is 11.9. The van der Waals surface area contributed by atoms with E-state index in [0.29, 0.717) is 40.5 Å². The van der Waals surface area contributed by atoms with Crippen LogP contribution in [-0.4, -0.2) is 24.9 Å². The molecule has 0 unspecified atom stereocenters. The largest absolute Gasteiger partial charge is 0.449 e. The van der Waals surface area contributed by atoms with E-state index in [1.54, 1.807) is 0 Å². The third kappa shape index (κ3) is 5.45. The molecule has 1 aliphatic rings. The fraction of sp³-hybridized carbons (Fsp3) is 0.0976. The molecule has 0 atom stereocenters. The summed E-state index contributed by atoms with van der Waals surface area (Å²) in [6.45, 7) is 8.07. The normalized spacial score (nSPS) is 11.7. The maximum atomic E-state index is 6.60. The van der Waals surface area contributed by atoms with Crippen molar-refractivity contribution in [1.29, 1.82) is 0 Å². The Morgan fingerprint density at radius 2 is 0.792 bits per heavy atom. The predicted molar refractivity (Wildman–Crippen MR) is 188 cm³/mol. The van der Waals surface area contributed by atoms with Crippen LogP contribution in [0, 0.1) is 27.7 Å². The Morgan fingerprint density at radius 1 is 0.354 bits per heavy atom. The van der Waals surface area contributed by atoms with Gasteiger partial charge in [0.25, 0.3) is 0 Å². The molecule has 0 saturated heterocycles. The van der Waals surface area contributed by atoms with E-state index in [9.17, 15) is 0 Å². The molecule has 4 aromatic carbocycles. The molecule has 0 fully saturated rings. The minimum absolute atomic E-state index is 0.541. The highest BCUT2D eigenvalue weighted by atomic mass is 16.6. The molecule has 0 aliphatic carbocycles. The molecule has 0 saturated carbocycles. The highest BCUT2D eigenvalue weighted by Gasteiger charge is 2.25. The SMILES string of the molecule is Cc1ccc(-c2cc3c(cc2-c2ccc(C)nc2C)Oc2cc(-c4nc(-c5ccccc5)nc(-c5ccccc5)n4)ccc2O3)c(C)n1. The van der Waals surface area contributed by atoms with Gasteiger partial charge in [0.15, 0.2) is 40.5 Å². The Morgan fingerprint density at radius 3 is 1.27 bits per heavy atom. The molecular weight excluding hydrogens is 594 g/mol. The number of hydrogen-bond acceptors (Lipinski definition) is 7. The van der Waals surface area contributed by atoms with Gasteiger partial charge in [-0.1, -0.05) is 72.8 Å². The summed E-state index contributed by atoms with van der Waals surface area (Å²) >= 11 is 0. The van der Waals surface area contributed by atoms with Crippen molar-refractivity contribution in [3.05, 3.63) is 138 Å². The highest BCUT2D eigenvalue weighted by molar-refractivity contribution is 5.88. The molecule has 0 bridgehead atoms. The summed E-state index contributed by atoms with van der Waals surface area (Å²) in [6.07, 6.45) is 0. The van der Waals surface area contributed by atoms with Gasteiger partial charge in [0.2, 0.25) is 0 Å². The van der Waals surface area contributed by atoms with Gasteiger partial charge in [0.1, 0.15) is 0 Å². The first-order chi connectivity index (χ1) is 23.4. The lowest BCUT2D eigenvalue weighted by molar-refractivity contribution is 0.360. The van der Waals surface area contributed by atoms with E-state index in [4.69, 9.17) is 34.4 Å². The molecule has 8 rings (SSSR count). The van der Waals surface area contributed by atoms with Crippen molar-refractivity contribution in [3.63, 3.8) is 0 Å². The van der Waals surface area contributed by atoms with Gasteiger partial charge in [-0.05, 0) is 81.3 Å². The zero-order valence-corrected chi connectivity index (χ0v) is 27.0. The Labute approximate surface area is 279 Å². The van der Waals surface area contributed by atoms with Gasteiger partial charge in [-0.25, -0.2) is 15.0 Å². The second-order valence-electron chi connectivity index (χ2n) is 11.9. The van der Waals surface area contributed by atoms with Gasteiger partial charge < -0.3 is 9.47 Å². The van der Waals surface area contributed by atoms with Gasteiger partial charge in [-0.3, -0.25) is 9.97 Å². The van der Waals surface area contributed by atoms with E-state index >= 15 is 0 Å². The van der Waals surface area contributed by atoms with Crippen LogP contribution >= 0.6 is 0 Å². The number of benzene rings is 4. The molecule has 48 heavy (non-hydrogen) atoms. The Bertz CT molecular complexity index is 2280. The van der Waals surface area contributed by atoms with Gasteiger partial charge in [-0.2, -0.15) is 0 Å². The minimum atomic E-state index is 0.541. The number of aromatic nitrogens is 5. The van der Waals surface area contributed by atoms with Crippen LogP contribution in [0.5, 0.6) is 23.0 Å². The lowest BCUT2D eigenvalue weighted by Gasteiger charge is -2.24. The molecule has 0 radical (unpaired) electrons. The van der Waals surface area contributed by atoms with Gasteiger partial charge >= 0.3 is 0 Å². The molecule has 7 nitrogen and oxygen atoms in total. The smallest absolute Gasteiger partial charge is 0.170 e. The molecule has 7 aromatic rings. The topological polar surface area (TPSA) is 82.9 Å². The number of ether oxygens (including phenoxy) is 2. The quantitative estimate of drug-likeness (QED) is 0.188. The van der Waals surface area contributed by atoms with Crippen molar-refractivity contribution in [2.75, 3.05) is 0 Å². The third-order valence-corrected chi connectivity index (χ3v) is 8.46. The van der Waals surface area contributed by atoms with Crippen LogP contribution in [0.25, 0.3) is 56.4 Å². The number of aryl methyl sites for hydroxylation is 4. The van der Waals surface area contributed by atoms with E-state index in [-0.39, 0.29) is 0 Å². The first-order valence-electron chi connectivity index (χ1n) is 15.8. The third-order valence-electron chi connectivity index (χ3n) is 8.46. The highest BCUT2D eigenvalue weighted by Crippen LogP contribution is 2.50. The number of fused-ring (bicyclic) bond motifs is 2. The van der Waals surface area contributed by atoms with E-state index in [1.165, 1.54) is 0 Å². The second-order valence-corrected chi connectivity index (χ2v) is 11.9. The Balaban J connectivity index is 1.23. The summed E-state index contributed by atoms with van der Waals surface area (Å²) in [6, 6.07) is 38.1. The van der Waals surface area contributed by atoms with Crippen molar-refractivity contribution in [2.45, 2.75) is 27.7 Å². The van der Waals surface area contributed by atoms with Gasteiger partial charge in [-0.15, -0.1) is 0 Å². The zero-order valence-electron chi connectivity index (χ0n) is 27.0.